The van der Waals surface area contributed by atoms with Crippen LogP contribution in [-0.2, 0) is 4.79 Å². The molecule has 2 aromatic rings. The number of hydrogen-bond donors (Lipinski definition) is 2. The van der Waals surface area contributed by atoms with Crippen molar-refractivity contribution in [3.63, 3.8) is 0 Å². The Morgan fingerprint density at radius 1 is 1.18 bits per heavy atom. The molecule has 0 fully saturated rings. The van der Waals surface area contributed by atoms with Crippen molar-refractivity contribution in [3.05, 3.63) is 63.1 Å². The lowest BCUT2D eigenvalue weighted by Gasteiger charge is -2.29. The Morgan fingerprint density at radius 2 is 1.89 bits per heavy atom. The van der Waals surface area contributed by atoms with E-state index in [4.69, 9.17) is 16.3 Å². The van der Waals surface area contributed by atoms with Crippen molar-refractivity contribution < 1.29 is 14.3 Å². The van der Waals surface area contributed by atoms with Gasteiger partial charge in [0.15, 0.2) is 0 Å². The number of nitrogens with one attached hydrogen (secondary N) is 2. The molecule has 2 aromatic carbocycles. The van der Waals surface area contributed by atoms with Gasteiger partial charge in [-0.25, -0.2) is 0 Å². The molecule has 2 unspecified atom stereocenters. The molecule has 7 heteroatoms. The van der Waals surface area contributed by atoms with Gasteiger partial charge in [0.25, 0.3) is 5.91 Å². The second-order valence-electron chi connectivity index (χ2n) is 7.08. The first-order chi connectivity index (χ1) is 13.3. The molecule has 0 bridgehead atoms. The van der Waals surface area contributed by atoms with Gasteiger partial charge in [0.2, 0.25) is 5.91 Å². The highest BCUT2D eigenvalue weighted by atomic mass is 79.9. The fourth-order valence-corrected chi connectivity index (χ4v) is 3.64. The minimum Gasteiger partial charge on any atom is -0.493 e. The van der Waals surface area contributed by atoms with E-state index in [1.54, 1.807) is 24.3 Å². The average molecular weight is 466 g/mol. The first kappa shape index (κ1) is 20.7. The Balaban J connectivity index is 1.73. The van der Waals surface area contributed by atoms with Crippen LogP contribution in [0.2, 0.25) is 5.02 Å². The second kappa shape index (κ2) is 8.97. The van der Waals surface area contributed by atoms with Gasteiger partial charge in [0.05, 0.1) is 12.6 Å². The van der Waals surface area contributed by atoms with Gasteiger partial charge in [-0.2, -0.15) is 0 Å². The van der Waals surface area contributed by atoms with Crippen molar-refractivity contribution >= 4 is 39.3 Å². The van der Waals surface area contributed by atoms with E-state index >= 15 is 0 Å². The van der Waals surface area contributed by atoms with Gasteiger partial charge in [0.1, 0.15) is 11.8 Å². The predicted molar refractivity (Wildman–Crippen MR) is 113 cm³/mol. The normalized spacial score (nSPS) is 16.7. The molecule has 3 rings (SSSR count). The summed E-state index contributed by atoms with van der Waals surface area (Å²) in [4.78, 5) is 25.5. The fraction of sp³-hybridized carbons (Fsp3) is 0.333. The van der Waals surface area contributed by atoms with Crippen molar-refractivity contribution in [2.24, 2.45) is 5.92 Å². The molecule has 2 N–H and O–H groups in total. The molecule has 0 spiro atoms. The van der Waals surface area contributed by atoms with E-state index < -0.39 is 6.04 Å². The van der Waals surface area contributed by atoms with Crippen LogP contribution in [0.3, 0.4) is 0 Å². The van der Waals surface area contributed by atoms with Crippen molar-refractivity contribution in [1.29, 1.82) is 0 Å². The van der Waals surface area contributed by atoms with Gasteiger partial charge in [-0.15, -0.1) is 0 Å². The minimum absolute atomic E-state index is 0.0712. The van der Waals surface area contributed by atoms with Gasteiger partial charge in [-0.3, -0.25) is 9.59 Å². The lowest BCUT2D eigenvalue weighted by molar-refractivity contribution is -0.124. The molecule has 28 heavy (non-hydrogen) atoms. The van der Waals surface area contributed by atoms with Gasteiger partial charge in [-0.1, -0.05) is 41.4 Å². The Bertz CT molecular complexity index is 870. The molecule has 0 saturated heterocycles. The largest absolute Gasteiger partial charge is 0.493 e. The van der Waals surface area contributed by atoms with E-state index in [2.05, 4.69) is 26.6 Å². The third-order valence-corrected chi connectivity index (χ3v) is 5.42. The lowest BCUT2D eigenvalue weighted by atomic mass is 9.98. The molecule has 1 aliphatic heterocycles. The van der Waals surface area contributed by atoms with E-state index in [0.29, 0.717) is 23.6 Å². The van der Waals surface area contributed by atoms with Crippen molar-refractivity contribution in [3.8, 4) is 5.75 Å². The molecular weight excluding hydrogens is 444 g/mol. The summed E-state index contributed by atoms with van der Waals surface area (Å²) in [5.41, 5.74) is 1.39. The van der Waals surface area contributed by atoms with Gasteiger partial charge in [0, 0.05) is 27.0 Å². The van der Waals surface area contributed by atoms with Crippen LogP contribution in [0.4, 0.5) is 0 Å². The molecule has 0 aliphatic carbocycles. The monoisotopic (exact) mass is 464 g/mol. The van der Waals surface area contributed by atoms with Crippen LogP contribution in [0.5, 0.6) is 5.75 Å². The summed E-state index contributed by atoms with van der Waals surface area (Å²) in [5.74, 6) is 0.180. The van der Waals surface area contributed by atoms with Crippen LogP contribution in [-0.4, -0.2) is 24.5 Å². The molecule has 0 radical (unpaired) electrons. The van der Waals surface area contributed by atoms with Crippen LogP contribution in [0, 0.1) is 5.92 Å². The maximum atomic E-state index is 13.0. The number of carbonyl (C=O) groups is 2. The molecule has 1 heterocycles. The number of ether oxygens (including phenoxy) is 1. The maximum absolute atomic E-state index is 13.0. The van der Waals surface area contributed by atoms with Gasteiger partial charge >= 0.3 is 0 Å². The molecular formula is C21H22BrClN2O3. The Kier molecular flexibility index (Phi) is 6.62. The summed E-state index contributed by atoms with van der Waals surface area (Å²) >= 11 is 9.34. The number of hydrogen-bond acceptors (Lipinski definition) is 3. The van der Waals surface area contributed by atoms with E-state index in [1.807, 2.05) is 32.0 Å². The number of benzene rings is 2. The lowest BCUT2D eigenvalue weighted by Crippen LogP contribution is -2.50. The maximum Gasteiger partial charge on any atom is 0.251 e. The van der Waals surface area contributed by atoms with Crippen LogP contribution >= 0.6 is 27.5 Å². The highest BCUT2D eigenvalue weighted by Gasteiger charge is 2.29. The number of rotatable bonds is 5. The molecule has 2 amide bonds. The standard InChI is InChI=1S/C21H22BrClN2O3/c1-12(2)19(25-20(26)13-3-6-15(23)7-4-13)21(27)24-17-9-10-28-18-8-5-14(22)11-16(17)18/h3-8,11-12,17,19H,9-10H2,1-2H3,(H,24,27)(H,25,26). The van der Waals surface area contributed by atoms with Gasteiger partial charge in [-0.05, 0) is 48.4 Å². The van der Waals surface area contributed by atoms with Crippen molar-refractivity contribution in [2.45, 2.75) is 32.4 Å². The van der Waals surface area contributed by atoms with Crippen LogP contribution in [0.15, 0.2) is 46.9 Å². The molecule has 0 aromatic heterocycles. The second-order valence-corrected chi connectivity index (χ2v) is 8.43. The Labute approximate surface area is 177 Å². The molecule has 0 saturated carbocycles. The third-order valence-electron chi connectivity index (χ3n) is 4.67. The highest BCUT2D eigenvalue weighted by Crippen LogP contribution is 2.34. The highest BCUT2D eigenvalue weighted by molar-refractivity contribution is 9.10. The number of amides is 2. The zero-order chi connectivity index (χ0) is 20.3. The van der Waals surface area contributed by atoms with Crippen molar-refractivity contribution in [2.75, 3.05) is 6.61 Å². The Hall–Kier alpha value is -2.05. The quantitative estimate of drug-likeness (QED) is 0.683. The summed E-state index contributed by atoms with van der Waals surface area (Å²) in [7, 11) is 0. The van der Waals surface area contributed by atoms with E-state index in [-0.39, 0.29) is 23.8 Å². The Morgan fingerprint density at radius 3 is 2.57 bits per heavy atom. The summed E-state index contributed by atoms with van der Waals surface area (Å²) in [6.07, 6.45) is 0.672. The summed E-state index contributed by atoms with van der Waals surface area (Å²) in [6, 6.07) is 11.5. The molecule has 2 atom stereocenters. The fourth-order valence-electron chi connectivity index (χ4n) is 3.14. The first-order valence-corrected chi connectivity index (χ1v) is 10.3. The van der Waals surface area contributed by atoms with Crippen LogP contribution in [0.25, 0.3) is 0 Å². The molecule has 1 aliphatic rings. The van der Waals surface area contributed by atoms with E-state index in [1.165, 1.54) is 0 Å². The number of carbonyl (C=O) groups excluding carboxylic acids is 2. The first-order valence-electron chi connectivity index (χ1n) is 9.14. The minimum atomic E-state index is -0.651. The smallest absolute Gasteiger partial charge is 0.251 e. The summed E-state index contributed by atoms with van der Waals surface area (Å²) in [6.45, 7) is 4.34. The summed E-state index contributed by atoms with van der Waals surface area (Å²) < 4.78 is 6.60. The third kappa shape index (κ3) is 4.86. The van der Waals surface area contributed by atoms with Gasteiger partial charge < -0.3 is 15.4 Å². The molecule has 5 nitrogen and oxygen atoms in total. The molecule has 148 valence electrons. The predicted octanol–water partition coefficient (Wildman–Crippen LogP) is 4.50. The number of halogens is 2. The van der Waals surface area contributed by atoms with Crippen LogP contribution < -0.4 is 15.4 Å². The average Bonchev–Trinajstić information content (AvgIpc) is 2.66. The van der Waals surface area contributed by atoms with E-state index in [0.717, 1.165) is 15.8 Å². The zero-order valence-corrected chi connectivity index (χ0v) is 18.0. The zero-order valence-electron chi connectivity index (χ0n) is 15.7. The van der Waals surface area contributed by atoms with Crippen LogP contribution in [0.1, 0.15) is 42.2 Å². The SMILES string of the molecule is CC(C)C(NC(=O)c1ccc(Cl)cc1)C(=O)NC1CCOc2ccc(Br)cc21. The van der Waals surface area contributed by atoms with E-state index in [9.17, 15) is 9.59 Å². The van der Waals surface area contributed by atoms with Crippen molar-refractivity contribution in [1.82, 2.24) is 10.6 Å². The summed E-state index contributed by atoms with van der Waals surface area (Å²) in [5, 5.41) is 6.47. The number of fused-ring (bicyclic) bond motifs is 1. The topological polar surface area (TPSA) is 67.4 Å².